The number of benzene rings is 1. The summed E-state index contributed by atoms with van der Waals surface area (Å²) in [6, 6.07) is 4.92. The summed E-state index contributed by atoms with van der Waals surface area (Å²) in [5.41, 5.74) is 1.45. The van der Waals surface area contributed by atoms with E-state index in [0.29, 0.717) is 29.7 Å². The van der Waals surface area contributed by atoms with Crippen molar-refractivity contribution in [3.8, 4) is 11.3 Å². The second-order valence-corrected chi connectivity index (χ2v) is 5.11. The molecule has 1 aromatic heterocycles. The highest BCUT2D eigenvalue weighted by atomic mass is 19.1. The van der Waals surface area contributed by atoms with Crippen LogP contribution in [0.1, 0.15) is 25.3 Å². The minimum absolute atomic E-state index is 0.206. The number of nitrogens with one attached hydrogen (secondary N) is 1. The highest BCUT2D eigenvalue weighted by Crippen LogP contribution is 2.22. The minimum Gasteiger partial charge on any atom is -0.439 e. The van der Waals surface area contributed by atoms with E-state index in [0.717, 1.165) is 12.1 Å². The van der Waals surface area contributed by atoms with Crippen molar-refractivity contribution in [2.75, 3.05) is 6.54 Å². The molecule has 19 heavy (non-hydrogen) atoms. The van der Waals surface area contributed by atoms with Gasteiger partial charge in [0, 0.05) is 5.56 Å². The first-order valence-electron chi connectivity index (χ1n) is 6.48. The predicted molar refractivity (Wildman–Crippen MR) is 73.2 cm³/mol. The van der Waals surface area contributed by atoms with Crippen molar-refractivity contribution in [1.82, 2.24) is 10.3 Å². The van der Waals surface area contributed by atoms with E-state index in [2.05, 4.69) is 24.1 Å². The molecule has 0 aliphatic rings. The zero-order valence-corrected chi connectivity index (χ0v) is 11.5. The summed E-state index contributed by atoms with van der Waals surface area (Å²) >= 11 is 0. The van der Waals surface area contributed by atoms with Crippen LogP contribution in [0, 0.1) is 18.7 Å². The molecule has 1 aromatic carbocycles. The number of rotatable bonds is 5. The van der Waals surface area contributed by atoms with Crippen LogP contribution in [0.3, 0.4) is 0 Å². The van der Waals surface area contributed by atoms with E-state index in [1.165, 1.54) is 6.07 Å². The third-order valence-electron chi connectivity index (χ3n) is 2.82. The summed E-state index contributed by atoms with van der Waals surface area (Å²) in [7, 11) is 0. The van der Waals surface area contributed by atoms with Crippen LogP contribution in [0.2, 0.25) is 0 Å². The van der Waals surface area contributed by atoms with Gasteiger partial charge in [0.25, 0.3) is 0 Å². The van der Waals surface area contributed by atoms with Gasteiger partial charge in [0.15, 0.2) is 5.76 Å². The van der Waals surface area contributed by atoms with Gasteiger partial charge in [0.2, 0.25) is 5.89 Å². The van der Waals surface area contributed by atoms with Crippen molar-refractivity contribution < 1.29 is 8.81 Å². The van der Waals surface area contributed by atoms with Crippen LogP contribution in [-0.2, 0) is 6.54 Å². The molecule has 4 heteroatoms. The van der Waals surface area contributed by atoms with Crippen molar-refractivity contribution in [2.24, 2.45) is 5.92 Å². The topological polar surface area (TPSA) is 38.1 Å². The molecule has 0 saturated carbocycles. The summed E-state index contributed by atoms with van der Waals surface area (Å²) in [6.45, 7) is 7.57. The molecule has 0 aliphatic heterocycles. The van der Waals surface area contributed by atoms with E-state index in [9.17, 15) is 4.39 Å². The second kappa shape index (κ2) is 5.97. The highest BCUT2D eigenvalue weighted by Gasteiger charge is 2.08. The lowest BCUT2D eigenvalue weighted by molar-refractivity contribution is 0.459. The molecule has 1 heterocycles. The third kappa shape index (κ3) is 3.64. The summed E-state index contributed by atoms with van der Waals surface area (Å²) < 4.78 is 18.9. The molecule has 0 atom stereocenters. The average Bonchev–Trinajstić information content (AvgIpc) is 2.81. The molecular weight excluding hydrogens is 243 g/mol. The van der Waals surface area contributed by atoms with Crippen LogP contribution >= 0.6 is 0 Å². The number of aryl methyl sites for hydroxylation is 1. The molecule has 0 spiro atoms. The first-order chi connectivity index (χ1) is 9.06. The normalized spacial score (nSPS) is 11.2. The Morgan fingerprint density at radius 1 is 1.37 bits per heavy atom. The summed E-state index contributed by atoms with van der Waals surface area (Å²) in [5.74, 6) is 1.71. The number of oxazole rings is 1. The number of aromatic nitrogens is 1. The van der Waals surface area contributed by atoms with Crippen molar-refractivity contribution in [3.63, 3.8) is 0 Å². The number of nitrogens with zero attached hydrogens (tertiary/aromatic N) is 1. The van der Waals surface area contributed by atoms with Crippen LogP contribution in [0.15, 0.2) is 28.8 Å². The van der Waals surface area contributed by atoms with Gasteiger partial charge < -0.3 is 9.73 Å². The molecule has 2 aromatic rings. The van der Waals surface area contributed by atoms with Gasteiger partial charge in [-0.15, -0.1) is 0 Å². The van der Waals surface area contributed by atoms with Crippen LogP contribution in [0.25, 0.3) is 11.3 Å². The van der Waals surface area contributed by atoms with E-state index >= 15 is 0 Å². The van der Waals surface area contributed by atoms with Gasteiger partial charge in [-0.2, -0.15) is 0 Å². The Morgan fingerprint density at radius 2 is 2.16 bits per heavy atom. The second-order valence-electron chi connectivity index (χ2n) is 5.11. The Morgan fingerprint density at radius 3 is 2.84 bits per heavy atom. The van der Waals surface area contributed by atoms with Crippen molar-refractivity contribution in [3.05, 3.63) is 41.7 Å². The minimum atomic E-state index is -0.206. The van der Waals surface area contributed by atoms with Crippen LogP contribution in [0.5, 0.6) is 0 Å². The zero-order chi connectivity index (χ0) is 13.8. The molecule has 0 aliphatic carbocycles. The predicted octanol–water partition coefficient (Wildman–Crippen LogP) is 3.53. The molecule has 0 saturated heterocycles. The number of halogens is 1. The Balaban J connectivity index is 2.05. The SMILES string of the molecule is Cc1cc(-c2cnc(CNCC(C)C)o2)ccc1F. The lowest BCUT2D eigenvalue weighted by Crippen LogP contribution is -2.18. The lowest BCUT2D eigenvalue weighted by Gasteiger charge is -2.04. The van der Waals surface area contributed by atoms with E-state index in [-0.39, 0.29) is 5.82 Å². The molecule has 0 radical (unpaired) electrons. The molecule has 3 nitrogen and oxygen atoms in total. The van der Waals surface area contributed by atoms with Crippen molar-refractivity contribution in [1.29, 1.82) is 0 Å². The van der Waals surface area contributed by atoms with Gasteiger partial charge in [0.05, 0.1) is 12.7 Å². The summed E-state index contributed by atoms with van der Waals surface area (Å²) in [6.07, 6.45) is 1.68. The fourth-order valence-corrected chi connectivity index (χ4v) is 1.79. The standard InChI is InChI=1S/C15H19FN2O/c1-10(2)7-17-9-15-18-8-14(19-15)12-4-5-13(16)11(3)6-12/h4-6,8,10,17H,7,9H2,1-3H3. The average molecular weight is 262 g/mol. The fourth-order valence-electron chi connectivity index (χ4n) is 1.79. The van der Waals surface area contributed by atoms with Gasteiger partial charge >= 0.3 is 0 Å². The molecule has 0 amide bonds. The zero-order valence-electron chi connectivity index (χ0n) is 11.5. The largest absolute Gasteiger partial charge is 0.439 e. The Labute approximate surface area is 112 Å². The number of hydrogen-bond donors (Lipinski definition) is 1. The van der Waals surface area contributed by atoms with E-state index in [4.69, 9.17) is 4.42 Å². The fraction of sp³-hybridized carbons (Fsp3) is 0.400. The molecule has 0 unspecified atom stereocenters. The van der Waals surface area contributed by atoms with Crippen molar-refractivity contribution >= 4 is 0 Å². The maximum absolute atomic E-state index is 13.2. The molecule has 102 valence electrons. The monoisotopic (exact) mass is 262 g/mol. The molecule has 2 rings (SSSR count). The first kappa shape index (κ1) is 13.7. The maximum atomic E-state index is 13.2. The molecule has 0 fully saturated rings. The summed E-state index contributed by atoms with van der Waals surface area (Å²) in [5, 5.41) is 3.27. The van der Waals surface area contributed by atoms with Gasteiger partial charge in [-0.25, -0.2) is 9.37 Å². The quantitative estimate of drug-likeness (QED) is 0.895. The van der Waals surface area contributed by atoms with E-state index in [1.54, 1.807) is 25.3 Å². The van der Waals surface area contributed by atoms with Gasteiger partial charge in [-0.3, -0.25) is 0 Å². The van der Waals surface area contributed by atoms with Gasteiger partial charge in [-0.1, -0.05) is 13.8 Å². The Hall–Kier alpha value is -1.68. The molecule has 0 bridgehead atoms. The third-order valence-corrected chi connectivity index (χ3v) is 2.82. The van der Waals surface area contributed by atoms with Gasteiger partial charge in [0.1, 0.15) is 5.82 Å². The number of hydrogen-bond acceptors (Lipinski definition) is 3. The van der Waals surface area contributed by atoms with Crippen LogP contribution < -0.4 is 5.32 Å². The molecule has 1 N–H and O–H groups in total. The van der Waals surface area contributed by atoms with E-state index < -0.39 is 0 Å². The lowest BCUT2D eigenvalue weighted by atomic mass is 10.1. The van der Waals surface area contributed by atoms with Crippen LogP contribution in [-0.4, -0.2) is 11.5 Å². The maximum Gasteiger partial charge on any atom is 0.208 e. The molecular formula is C15H19FN2O. The highest BCUT2D eigenvalue weighted by molar-refractivity contribution is 5.57. The van der Waals surface area contributed by atoms with Crippen molar-refractivity contribution in [2.45, 2.75) is 27.3 Å². The summed E-state index contributed by atoms with van der Waals surface area (Å²) in [4.78, 5) is 4.22. The Bertz CT molecular complexity index is 549. The van der Waals surface area contributed by atoms with Crippen LogP contribution in [0.4, 0.5) is 4.39 Å². The van der Waals surface area contributed by atoms with E-state index in [1.807, 2.05) is 0 Å². The smallest absolute Gasteiger partial charge is 0.208 e. The Kier molecular flexibility index (Phi) is 4.32. The van der Waals surface area contributed by atoms with Gasteiger partial charge in [-0.05, 0) is 43.1 Å². The first-order valence-corrected chi connectivity index (χ1v) is 6.48.